The number of hydrogen-bond acceptors (Lipinski definition) is 2. The zero-order valence-electron chi connectivity index (χ0n) is 10.4. The summed E-state index contributed by atoms with van der Waals surface area (Å²) in [6.07, 6.45) is 3.08. The van der Waals surface area contributed by atoms with E-state index in [1.54, 1.807) is 0 Å². The largest absolute Gasteiger partial charge is 0.393 e. The number of halogens is 1. The first-order valence-corrected chi connectivity index (χ1v) is 7.10. The van der Waals surface area contributed by atoms with Crippen LogP contribution in [0.1, 0.15) is 41.6 Å². The first-order valence-electron chi connectivity index (χ1n) is 6.31. The van der Waals surface area contributed by atoms with Crippen molar-refractivity contribution in [2.45, 2.75) is 44.8 Å². The molecule has 0 aromatic heterocycles. The Balaban J connectivity index is 2.01. The first kappa shape index (κ1) is 13.6. The molecule has 0 atom stereocenters. The maximum atomic E-state index is 12.2. The van der Waals surface area contributed by atoms with Crippen molar-refractivity contribution in [3.05, 3.63) is 33.8 Å². The highest BCUT2D eigenvalue weighted by atomic mass is 79.9. The monoisotopic (exact) mass is 311 g/mol. The number of benzene rings is 1. The molecule has 4 heteroatoms. The fourth-order valence-electron chi connectivity index (χ4n) is 2.30. The van der Waals surface area contributed by atoms with Gasteiger partial charge in [0.15, 0.2) is 0 Å². The SMILES string of the molecule is Cc1ccc(Br)c(C(=O)NC2CCC(O)CC2)c1. The van der Waals surface area contributed by atoms with Gasteiger partial charge >= 0.3 is 0 Å². The number of hydrogen-bond donors (Lipinski definition) is 2. The maximum absolute atomic E-state index is 12.2. The van der Waals surface area contributed by atoms with Crippen LogP contribution >= 0.6 is 15.9 Å². The molecule has 1 saturated carbocycles. The Kier molecular flexibility index (Phi) is 4.40. The highest BCUT2D eigenvalue weighted by Crippen LogP contribution is 2.21. The summed E-state index contributed by atoms with van der Waals surface area (Å²) < 4.78 is 0.821. The molecular formula is C14H18BrNO2. The van der Waals surface area contributed by atoms with Crippen molar-refractivity contribution in [1.82, 2.24) is 5.32 Å². The van der Waals surface area contributed by atoms with E-state index in [9.17, 15) is 9.90 Å². The molecule has 2 N–H and O–H groups in total. The van der Waals surface area contributed by atoms with Crippen LogP contribution < -0.4 is 5.32 Å². The number of aliphatic hydroxyl groups excluding tert-OH is 1. The van der Waals surface area contributed by atoms with Gasteiger partial charge in [0.2, 0.25) is 0 Å². The quantitative estimate of drug-likeness (QED) is 0.882. The van der Waals surface area contributed by atoms with Gasteiger partial charge in [-0.1, -0.05) is 11.6 Å². The third-order valence-electron chi connectivity index (χ3n) is 3.40. The molecule has 2 rings (SSSR count). The zero-order chi connectivity index (χ0) is 13.1. The Labute approximate surface area is 116 Å². The third-order valence-corrected chi connectivity index (χ3v) is 4.09. The number of carbonyl (C=O) groups is 1. The smallest absolute Gasteiger partial charge is 0.252 e. The van der Waals surface area contributed by atoms with Crippen molar-refractivity contribution >= 4 is 21.8 Å². The number of carbonyl (C=O) groups excluding carboxylic acids is 1. The van der Waals surface area contributed by atoms with Crippen LogP contribution in [0.5, 0.6) is 0 Å². The first-order chi connectivity index (χ1) is 8.56. The fourth-order valence-corrected chi connectivity index (χ4v) is 2.72. The van der Waals surface area contributed by atoms with Crippen molar-refractivity contribution in [3.8, 4) is 0 Å². The molecule has 1 fully saturated rings. The molecule has 0 aliphatic heterocycles. The van der Waals surface area contributed by atoms with Gasteiger partial charge in [-0.2, -0.15) is 0 Å². The summed E-state index contributed by atoms with van der Waals surface area (Å²) in [4.78, 5) is 12.2. The van der Waals surface area contributed by atoms with Crippen LogP contribution in [0.3, 0.4) is 0 Å². The lowest BCUT2D eigenvalue weighted by atomic mass is 9.93. The molecule has 0 saturated heterocycles. The van der Waals surface area contributed by atoms with E-state index in [0.29, 0.717) is 5.56 Å². The van der Waals surface area contributed by atoms with Gasteiger partial charge in [0.05, 0.1) is 11.7 Å². The molecule has 1 aliphatic rings. The maximum Gasteiger partial charge on any atom is 0.252 e. The second-order valence-corrected chi connectivity index (χ2v) is 5.82. The van der Waals surface area contributed by atoms with Gasteiger partial charge in [-0.3, -0.25) is 4.79 Å². The van der Waals surface area contributed by atoms with Gasteiger partial charge in [-0.15, -0.1) is 0 Å². The van der Waals surface area contributed by atoms with Crippen molar-refractivity contribution in [3.63, 3.8) is 0 Å². The molecule has 1 amide bonds. The normalized spacial score (nSPS) is 23.7. The summed E-state index contributed by atoms with van der Waals surface area (Å²) in [7, 11) is 0. The number of nitrogens with one attached hydrogen (secondary N) is 1. The zero-order valence-corrected chi connectivity index (χ0v) is 12.0. The van der Waals surface area contributed by atoms with Crippen molar-refractivity contribution in [1.29, 1.82) is 0 Å². The Hall–Kier alpha value is -0.870. The van der Waals surface area contributed by atoms with Gasteiger partial charge in [0.25, 0.3) is 5.91 Å². The van der Waals surface area contributed by atoms with Crippen molar-refractivity contribution < 1.29 is 9.90 Å². The lowest BCUT2D eigenvalue weighted by Gasteiger charge is -2.26. The third kappa shape index (κ3) is 3.33. The van der Waals surface area contributed by atoms with Crippen molar-refractivity contribution in [2.24, 2.45) is 0 Å². The molecule has 0 radical (unpaired) electrons. The van der Waals surface area contributed by atoms with Gasteiger partial charge < -0.3 is 10.4 Å². The summed E-state index contributed by atoms with van der Waals surface area (Å²) >= 11 is 3.40. The van der Waals surface area contributed by atoms with E-state index in [4.69, 9.17) is 0 Å². The van der Waals surface area contributed by atoms with Gasteiger partial charge in [0, 0.05) is 10.5 Å². The Morgan fingerprint density at radius 1 is 1.33 bits per heavy atom. The van der Waals surface area contributed by atoms with E-state index >= 15 is 0 Å². The van der Waals surface area contributed by atoms with E-state index < -0.39 is 0 Å². The highest BCUT2D eigenvalue weighted by Gasteiger charge is 2.21. The molecule has 3 nitrogen and oxygen atoms in total. The lowest BCUT2D eigenvalue weighted by Crippen LogP contribution is -2.38. The predicted molar refractivity (Wildman–Crippen MR) is 74.6 cm³/mol. The summed E-state index contributed by atoms with van der Waals surface area (Å²) in [6.45, 7) is 1.97. The summed E-state index contributed by atoms with van der Waals surface area (Å²) in [5.41, 5.74) is 1.75. The molecule has 1 aromatic rings. The molecule has 98 valence electrons. The summed E-state index contributed by atoms with van der Waals surface area (Å²) in [5, 5.41) is 12.5. The predicted octanol–water partition coefficient (Wildman–Crippen LogP) is 2.79. The van der Waals surface area contributed by atoms with E-state index in [0.717, 1.165) is 35.7 Å². The van der Waals surface area contributed by atoms with Crippen LogP contribution in [0.25, 0.3) is 0 Å². The van der Waals surface area contributed by atoms with E-state index in [-0.39, 0.29) is 18.1 Å². The molecule has 0 heterocycles. The minimum absolute atomic E-state index is 0.0352. The Bertz CT molecular complexity index is 439. The minimum Gasteiger partial charge on any atom is -0.393 e. The van der Waals surface area contributed by atoms with E-state index in [2.05, 4.69) is 21.2 Å². The average Bonchev–Trinajstić information content (AvgIpc) is 2.35. The summed E-state index contributed by atoms with van der Waals surface area (Å²) in [6, 6.07) is 5.94. The Morgan fingerprint density at radius 3 is 2.67 bits per heavy atom. The number of amides is 1. The second kappa shape index (κ2) is 5.85. The van der Waals surface area contributed by atoms with Crippen LogP contribution in [-0.2, 0) is 0 Å². The van der Waals surface area contributed by atoms with Gasteiger partial charge in [0.1, 0.15) is 0 Å². The molecule has 18 heavy (non-hydrogen) atoms. The van der Waals surface area contributed by atoms with Gasteiger partial charge in [-0.25, -0.2) is 0 Å². The molecule has 1 aromatic carbocycles. The van der Waals surface area contributed by atoms with Crippen LogP contribution in [0.4, 0.5) is 0 Å². The van der Waals surface area contributed by atoms with E-state index in [1.165, 1.54) is 0 Å². The lowest BCUT2D eigenvalue weighted by molar-refractivity contribution is 0.0867. The number of aliphatic hydroxyl groups is 1. The summed E-state index contributed by atoms with van der Waals surface area (Å²) in [5.74, 6) is -0.0352. The highest BCUT2D eigenvalue weighted by molar-refractivity contribution is 9.10. The van der Waals surface area contributed by atoms with Crippen LogP contribution in [-0.4, -0.2) is 23.2 Å². The molecular weight excluding hydrogens is 294 g/mol. The fraction of sp³-hybridized carbons (Fsp3) is 0.500. The average molecular weight is 312 g/mol. The minimum atomic E-state index is -0.191. The topological polar surface area (TPSA) is 49.3 Å². The van der Waals surface area contributed by atoms with Gasteiger partial charge in [-0.05, 0) is 60.7 Å². The molecule has 0 spiro atoms. The van der Waals surface area contributed by atoms with Crippen molar-refractivity contribution in [2.75, 3.05) is 0 Å². The van der Waals surface area contributed by atoms with Crippen LogP contribution in [0.15, 0.2) is 22.7 Å². The van der Waals surface area contributed by atoms with Crippen LogP contribution in [0.2, 0.25) is 0 Å². The van der Waals surface area contributed by atoms with Crippen LogP contribution in [0, 0.1) is 6.92 Å². The molecule has 0 unspecified atom stereocenters. The standard InChI is InChI=1S/C14H18BrNO2/c1-9-2-7-13(15)12(8-9)14(18)16-10-3-5-11(17)6-4-10/h2,7-8,10-11,17H,3-6H2,1H3,(H,16,18). The van der Waals surface area contributed by atoms with E-state index in [1.807, 2.05) is 25.1 Å². The Morgan fingerprint density at radius 2 is 2.00 bits per heavy atom. The molecule has 0 bridgehead atoms. The number of aryl methyl sites for hydroxylation is 1. The molecule has 1 aliphatic carbocycles. The second-order valence-electron chi connectivity index (χ2n) is 4.96. The number of rotatable bonds is 2.